The minimum Gasteiger partial charge on any atom is -0.467 e. The molecule has 0 fully saturated rings. The van der Waals surface area contributed by atoms with Crippen LogP contribution in [-0.2, 0) is 19.5 Å². The lowest BCUT2D eigenvalue weighted by Crippen LogP contribution is -2.31. The third-order valence-corrected chi connectivity index (χ3v) is 4.30. The Balaban J connectivity index is 1.55. The van der Waals surface area contributed by atoms with Crippen LogP contribution in [0.3, 0.4) is 0 Å². The number of hydrogen-bond acceptors (Lipinski definition) is 6. The number of benzene rings is 1. The lowest BCUT2D eigenvalue weighted by Gasteiger charge is -2.30. The molecule has 1 aliphatic rings. The minimum atomic E-state index is 0.538. The van der Waals surface area contributed by atoms with Crippen molar-refractivity contribution in [3.8, 4) is 0 Å². The number of nitrogens with two attached hydrogens (primary N) is 1. The fourth-order valence-corrected chi connectivity index (χ4v) is 3.04. The topological polar surface area (TPSA) is 80.2 Å². The van der Waals surface area contributed by atoms with Gasteiger partial charge < -0.3 is 20.4 Å². The van der Waals surface area contributed by atoms with Crippen LogP contribution >= 0.6 is 0 Å². The second-order valence-electron chi connectivity index (χ2n) is 5.83. The number of nitrogens with zero attached hydrogens (tertiary/aromatic N) is 3. The van der Waals surface area contributed by atoms with Crippen molar-refractivity contribution in [3.05, 3.63) is 65.9 Å². The first kappa shape index (κ1) is 14.6. The van der Waals surface area contributed by atoms with E-state index in [-0.39, 0.29) is 0 Å². The van der Waals surface area contributed by atoms with Crippen LogP contribution in [0.25, 0.3) is 0 Å². The first-order chi connectivity index (χ1) is 11.8. The monoisotopic (exact) mass is 321 g/mol. The molecular formula is C18H19N5O. The lowest BCUT2D eigenvalue weighted by atomic mass is 10.00. The van der Waals surface area contributed by atoms with Crippen LogP contribution in [0.15, 0.2) is 53.4 Å². The van der Waals surface area contributed by atoms with Gasteiger partial charge in [0.15, 0.2) is 11.6 Å². The maximum absolute atomic E-state index is 6.31. The number of hydrogen-bond donors (Lipinski definition) is 2. The number of nitrogens with one attached hydrogen (secondary N) is 1. The van der Waals surface area contributed by atoms with Gasteiger partial charge in [0.1, 0.15) is 17.8 Å². The predicted molar refractivity (Wildman–Crippen MR) is 93.7 cm³/mol. The number of nitrogen functional groups attached to an aromatic ring is 1. The summed E-state index contributed by atoms with van der Waals surface area (Å²) in [5.41, 5.74) is 9.61. The Bertz CT molecular complexity index is 831. The number of anilines is 3. The summed E-state index contributed by atoms with van der Waals surface area (Å²) in [6.07, 6.45) is 4.20. The summed E-state index contributed by atoms with van der Waals surface area (Å²) >= 11 is 0. The fourth-order valence-electron chi connectivity index (χ4n) is 3.04. The normalized spacial score (nSPS) is 13.6. The van der Waals surface area contributed by atoms with Gasteiger partial charge in [-0.15, -0.1) is 0 Å². The largest absolute Gasteiger partial charge is 0.467 e. The summed E-state index contributed by atoms with van der Waals surface area (Å²) in [6, 6.07) is 12.3. The highest BCUT2D eigenvalue weighted by Gasteiger charge is 2.20. The van der Waals surface area contributed by atoms with E-state index in [1.54, 1.807) is 12.6 Å². The zero-order chi connectivity index (χ0) is 16.4. The molecule has 122 valence electrons. The second kappa shape index (κ2) is 6.23. The molecule has 24 heavy (non-hydrogen) atoms. The van der Waals surface area contributed by atoms with Gasteiger partial charge in [-0.1, -0.05) is 24.3 Å². The fraction of sp³-hybridized carbons (Fsp3) is 0.222. The Morgan fingerprint density at radius 1 is 1.12 bits per heavy atom. The van der Waals surface area contributed by atoms with Crippen molar-refractivity contribution in [1.82, 2.24) is 9.97 Å². The van der Waals surface area contributed by atoms with Crippen LogP contribution in [0, 0.1) is 0 Å². The molecule has 0 radical (unpaired) electrons. The Morgan fingerprint density at radius 2 is 2.00 bits per heavy atom. The van der Waals surface area contributed by atoms with E-state index in [0.717, 1.165) is 31.1 Å². The van der Waals surface area contributed by atoms with Crippen LogP contribution in [-0.4, -0.2) is 16.5 Å². The molecule has 0 aliphatic carbocycles. The van der Waals surface area contributed by atoms with Gasteiger partial charge in [0.05, 0.1) is 12.8 Å². The highest BCUT2D eigenvalue weighted by Crippen LogP contribution is 2.30. The van der Waals surface area contributed by atoms with Gasteiger partial charge in [0.25, 0.3) is 0 Å². The molecular weight excluding hydrogens is 302 g/mol. The summed E-state index contributed by atoms with van der Waals surface area (Å²) in [7, 11) is 0. The van der Waals surface area contributed by atoms with Gasteiger partial charge >= 0.3 is 0 Å². The van der Waals surface area contributed by atoms with Gasteiger partial charge in [0, 0.05) is 13.1 Å². The second-order valence-corrected chi connectivity index (χ2v) is 5.83. The van der Waals surface area contributed by atoms with Gasteiger partial charge in [-0.25, -0.2) is 9.97 Å². The SMILES string of the molecule is Nc1c(NCc2ccco2)ncnc1N1CCc2ccccc2C1. The summed E-state index contributed by atoms with van der Waals surface area (Å²) in [5, 5.41) is 3.22. The predicted octanol–water partition coefficient (Wildman–Crippen LogP) is 2.83. The quantitative estimate of drug-likeness (QED) is 0.769. The number of furan rings is 1. The molecule has 0 saturated heterocycles. The summed E-state index contributed by atoms with van der Waals surface area (Å²) in [6.45, 7) is 2.25. The van der Waals surface area contributed by atoms with Crippen molar-refractivity contribution in [2.75, 3.05) is 22.5 Å². The molecule has 0 saturated carbocycles. The first-order valence-electron chi connectivity index (χ1n) is 8.00. The molecule has 1 aliphatic heterocycles. The standard InChI is InChI=1S/C18H19N5O/c19-16-17(20-10-15-6-3-9-24-15)21-12-22-18(16)23-8-7-13-4-1-2-5-14(13)11-23/h1-6,9,12H,7-8,10-11,19H2,(H,20,21,22). The van der Waals surface area contributed by atoms with Crippen molar-refractivity contribution in [2.45, 2.75) is 19.5 Å². The van der Waals surface area contributed by atoms with Crippen LogP contribution in [0.1, 0.15) is 16.9 Å². The van der Waals surface area contributed by atoms with E-state index in [4.69, 9.17) is 10.2 Å². The van der Waals surface area contributed by atoms with Gasteiger partial charge in [-0.05, 0) is 29.7 Å². The van der Waals surface area contributed by atoms with Crippen LogP contribution < -0.4 is 16.0 Å². The number of fused-ring (bicyclic) bond motifs is 1. The summed E-state index contributed by atoms with van der Waals surface area (Å²) in [4.78, 5) is 10.9. The number of rotatable bonds is 4. The molecule has 0 amide bonds. The van der Waals surface area contributed by atoms with E-state index >= 15 is 0 Å². The van der Waals surface area contributed by atoms with Gasteiger partial charge in [-0.3, -0.25) is 0 Å². The van der Waals surface area contributed by atoms with Crippen LogP contribution in [0.4, 0.5) is 17.3 Å². The van der Waals surface area contributed by atoms with Crippen molar-refractivity contribution in [1.29, 1.82) is 0 Å². The maximum Gasteiger partial charge on any atom is 0.157 e. The molecule has 0 unspecified atom stereocenters. The zero-order valence-corrected chi connectivity index (χ0v) is 13.3. The van der Waals surface area contributed by atoms with E-state index in [2.05, 4.69) is 44.5 Å². The first-order valence-corrected chi connectivity index (χ1v) is 8.00. The molecule has 3 heterocycles. The Kier molecular flexibility index (Phi) is 3.78. The van der Waals surface area contributed by atoms with Gasteiger partial charge in [-0.2, -0.15) is 0 Å². The average Bonchev–Trinajstić information content (AvgIpc) is 3.14. The smallest absolute Gasteiger partial charge is 0.157 e. The van der Waals surface area contributed by atoms with Crippen LogP contribution in [0.5, 0.6) is 0 Å². The summed E-state index contributed by atoms with van der Waals surface area (Å²) < 4.78 is 5.32. The molecule has 6 heteroatoms. The van der Waals surface area contributed by atoms with E-state index in [0.29, 0.717) is 18.1 Å². The average molecular weight is 321 g/mol. The highest BCUT2D eigenvalue weighted by atomic mass is 16.3. The Labute approximate surface area is 140 Å². The molecule has 3 aromatic rings. The van der Waals surface area contributed by atoms with Crippen LogP contribution in [0.2, 0.25) is 0 Å². The third kappa shape index (κ3) is 2.78. The Hall–Kier alpha value is -3.02. The van der Waals surface area contributed by atoms with E-state index in [1.807, 2.05) is 12.1 Å². The Morgan fingerprint density at radius 3 is 2.83 bits per heavy atom. The zero-order valence-electron chi connectivity index (χ0n) is 13.3. The van der Waals surface area contributed by atoms with Crippen molar-refractivity contribution >= 4 is 17.3 Å². The maximum atomic E-state index is 6.31. The molecule has 6 nitrogen and oxygen atoms in total. The van der Waals surface area contributed by atoms with Gasteiger partial charge in [0.2, 0.25) is 0 Å². The molecule has 1 aromatic carbocycles. The van der Waals surface area contributed by atoms with Crippen molar-refractivity contribution in [3.63, 3.8) is 0 Å². The van der Waals surface area contributed by atoms with E-state index in [1.165, 1.54) is 11.1 Å². The number of aromatic nitrogens is 2. The summed E-state index contributed by atoms with van der Waals surface area (Å²) in [5.74, 6) is 2.25. The molecule has 2 aromatic heterocycles. The molecule has 0 spiro atoms. The van der Waals surface area contributed by atoms with E-state index < -0.39 is 0 Å². The minimum absolute atomic E-state index is 0.538. The third-order valence-electron chi connectivity index (χ3n) is 4.30. The molecule has 3 N–H and O–H groups in total. The highest BCUT2D eigenvalue weighted by molar-refractivity contribution is 5.75. The van der Waals surface area contributed by atoms with Crippen molar-refractivity contribution < 1.29 is 4.42 Å². The van der Waals surface area contributed by atoms with E-state index in [9.17, 15) is 0 Å². The molecule has 0 atom stereocenters. The lowest BCUT2D eigenvalue weighted by molar-refractivity contribution is 0.518. The molecule has 4 rings (SSSR count). The van der Waals surface area contributed by atoms with Crippen molar-refractivity contribution in [2.24, 2.45) is 0 Å². The molecule has 0 bridgehead atoms.